The van der Waals surface area contributed by atoms with Crippen molar-refractivity contribution in [1.29, 1.82) is 0 Å². The number of esters is 1. The molecule has 9 heteroatoms. The summed E-state index contributed by atoms with van der Waals surface area (Å²) in [7, 11) is 3.85. The van der Waals surface area contributed by atoms with Crippen LogP contribution in [0.4, 0.5) is 13.2 Å². The second-order valence-corrected chi connectivity index (χ2v) is 12.6. The van der Waals surface area contributed by atoms with Gasteiger partial charge in [-0.3, -0.25) is 4.79 Å². The van der Waals surface area contributed by atoms with Gasteiger partial charge in [-0.15, -0.1) is 0 Å². The summed E-state index contributed by atoms with van der Waals surface area (Å²) in [5.41, 5.74) is -2.93. The molecule has 0 radical (unpaired) electrons. The lowest BCUT2D eigenvalue weighted by molar-refractivity contribution is -0.278. The number of ketones is 1. The molecule has 0 aliphatic heterocycles. The summed E-state index contributed by atoms with van der Waals surface area (Å²) in [5.74, 6) is -0.729. The maximum atomic E-state index is 14.5. The van der Waals surface area contributed by atoms with E-state index in [1.54, 1.807) is 24.3 Å². The third-order valence-corrected chi connectivity index (χ3v) is 8.82. The minimum absolute atomic E-state index is 0.131. The summed E-state index contributed by atoms with van der Waals surface area (Å²) in [6.45, 7) is 2.23. The number of alkyl halides is 3. The SMILES string of the molecule is CCCCCCCC/C=C\CCCCCCCC(=O)C[C@H](CCc1ccc(OC)c(OC)c1)OC(=O)[C@@](OC)(c1ccccc1)C(F)(F)F. The van der Waals surface area contributed by atoms with Gasteiger partial charge in [-0.2, -0.15) is 13.2 Å². The van der Waals surface area contributed by atoms with E-state index in [1.807, 2.05) is 0 Å². The molecule has 0 heterocycles. The van der Waals surface area contributed by atoms with Crippen molar-refractivity contribution in [2.75, 3.05) is 21.3 Å². The Hall–Kier alpha value is -3.33. The van der Waals surface area contributed by atoms with Gasteiger partial charge in [-0.1, -0.05) is 107 Å². The van der Waals surface area contributed by atoms with Gasteiger partial charge in [0.25, 0.3) is 5.60 Å². The number of hydrogen-bond donors (Lipinski definition) is 0. The minimum atomic E-state index is -5.11. The number of carbonyl (C=O) groups is 2. The molecule has 49 heavy (non-hydrogen) atoms. The van der Waals surface area contributed by atoms with E-state index < -0.39 is 29.4 Å². The maximum Gasteiger partial charge on any atom is 0.432 e. The largest absolute Gasteiger partial charge is 0.493 e. The molecule has 2 atom stereocenters. The highest BCUT2D eigenvalue weighted by molar-refractivity contribution is 5.84. The lowest BCUT2D eigenvalue weighted by atomic mass is 9.92. The molecule has 2 aromatic carbocycles. The average molecular weight is 691 g/mol. The van der Waals surface area contributed by atoms with E-state index in [0.717, 1.165) is 51.2 Å². The summed E-state index contributed by atoms with van der Waals surface area (Å²) in [4.78, 5) is 26.5. The summed E-state index contributed by atoms with van der Waals surface area (Å²) >= 11 is 0. The molecule has 0 aliphatic rings. The molecule has 0 aliphatic carbocycles. The van der Waals surface area contributed by atoms with Gasteiger partial charge in [0.05, 0.1) is 14.2 Å². The molecular formula is C40H57F3O6. The molecule has 274 valence electrons. The van der Waals surface area contributed by atoms with Crippen molar-refractivity contribution in [2.45, 2.75) is 134 Å². The van der Waals surface area contributed by atoms with E-state index in [9.17, 15) is 22.8 Å². The van der Waals surface area contributed by atoms with Crippen LogP contribution in [0, 0.1) is 0 Å². The van der Waals surface area contributed by atoms with E-state index in [0.29, 0.717) is 24.3 Å². The highest BCUT2D eigenvalue weighted by atomic mass is 19.4. The van der Waals surface area contributed by atoms with Crippen molar-refractivity contribution in [2.24, 2.45) is 0 Å². The third kappa shape index (κ3) is 14.2. The predicted molar refractivity (Wildman–Crippen MR) is 188 cm³/mol. The lowest BCUT2D eigenvalue weighted by Crippen LogP contribution is -2.52. The Balaban J connectivity index is 1.95. The number of hydrogen-bond acceptors (Lipinski definition) is 6. The van der Waals surface area contributed by atoms with E-state index in [-0.39, 0.29) is 25.0 Å². The first kappa shape index (κ1) is 41.8. The smallest absolute Gasteiger partial charge is 0.432 e. The van der Waals surface area contributed by atoms with Crippen LogP contribution in [-0.2, 0) is 31.1 Å². The molecule has 0 amide bonds. The minimum Gasteiger partial charge on any atom is -0.493 e. The van der Waals surface area contributed by atoms with Crippen LogP contribution in [0.5, 0.6) is 11.5 Å². The van der Waals surface area contributed by atoms with Gasteiger partial charge in [0.1, 0.15) is 11.9 Å². The maximum absolute atomic E-state index is 14.5. The summed E-state index contributed by atoms with van der Waals surface area (Å²) in [6.07, 6.45) is 13.7. The second-order valence-electron chi connectivity index (χ2n) is 12.6. The number of ether oxygens (including phenoxy) is 4. The quantitative estimate of drug-likeness (QED) is 0.0556. The molecule has 0 unspecified atom stereocenters. The Bertz CT molecular complexity index is 1250. The molecular weight excluding hydrogens is 633 g/mol. The van der Waals surface area contributed by atoms with E-state index in [2.05, 4.69) is 19.1 Å². The number of Topliss-reactive ketones (excluding diaryl/α,β-unsaturated/α-hetero) is 1. The standard InChI is InChI=1S/C40H57F3O6/c1-5-6-7-8-9-10-11-12-13-14-15-16-17-18-22-25-34(44)31-35(28-26-32-27-29-36(46-2)37(30-32)47-3)49-38(45)39(48-4,40(41,42)43)33-23-20-19-21-24-33/h12-13,19-21,23-24,27,29-30,35H,5-11,14-18,22,25-26,28,31H2,1-4H3/b13-12-/t35-,39-/m0/s1. The summed E-state index contributed by atoms with van der Waals surface area (Å²) < 4.78 is 64.7. The van der Waals surface area contributed by atoms with Gasteiger partial charge in [-0.05, 0) is 62.6 Å². The molecule has 6 nitrogen and oxygen atoms in total. The van der Waals surface area contributed by atoms with Crippen molar-refractivity contribution >= 4 is 11.8 Å². The fraction of sp³-hybridized carbons (Fsp3) is 0.600. The first-order chi connectivity index (χ1) is 23.6. The van der Waals surface area contributed by atoms with Gasteiger partial charge < -0.3 is 18.9 Å². The molecule has 2 rings (SSSR count). The van der Waals surface area contributed by atoms with Crippen LogP contribution < -0.4 is 9.47 Å². The number of halogens is 3. The Kier molecular flexibility index (Phi) is 19.8. The third-order valence-electron chi connectivity index (χ3n) is 8.82. The van der Waals surface area contributed by atoms with Gasteiger partial charge in [0.2, 0.25) is 0 Å². The Morgan fingerprint density at radius 1 is 0.755 bits per heavy atom. The fourth-order valence-electron chi connectivity index (χ4n) is 5.94. The van der Waals surface area contributed by atoms with Crippen molar-refractivity contribution in [3.8, 4) is 11.5 Å². The van der Waals surface area contributed by atoms with Crippen LogP contribution in [0.15, 0.2) is 60.7 Å². The molecule has 0 aromatic heterocycles. The first-order valence-electron chi connectivity index (χ1n) is 17.9. The van der Waals surface area contributed by atoms with Crippen molar-refractivity contribution in [3.05, 3.63) is 71.8 Å². The number of allylic oxidation sites excluding steroid dienone is 2. The van der Waals surface area contributed by atoms with Crippen LogP contribution in [0.1, 0.15) is 121 Å². The summed E-state index contributed by atoms with van der Waals surface area (Å²) in [6, 6.07) is 12.0. The number of unbranched alkanes of at least 4 members (excludes halogenated alkanes) is 11. The van der Waals surface area contributed by atoms with Crippen LogP contribution in [0.25, 0.3) is 0 Å². The number of carbonyl (C=O) groups excluding carboxylic acids is 2. The zero-order valence-electron chi connectivity index (χ0n) is 30.0. The number of rotatable bonds is 26. The topological polar surface area (TPSA) is 71.1 Å². The van der Waals surface area contributed by atoms with Gasteiger partial charge >= 0.3 is 12.1 Å². The van der Waals surface area contributed by atoms with E-state index in [1.165, 1.54) is 77.0 Å². The predicted octanol–water partition coefficient (Wildman–Crippen LogP) is 10.6. The molecule has 0 bridgehead atoms. The summed E-state index contributed by atoms with van der Waals surface area (Å²) in [5, 5.41) is 0. The Morgan fingerprint density at radius 3 is 1.92 bits per heavy atom. The monoisotopic (exact) mass is 690 g/mol. The normalized spacial score (nSPS) is 13.6. The Labute approximate surface area is 291 Å². The van der Waals surface area contributed by atoms with Crippen molar-refractivity contribution in [3.63, 3.8) is 0 Å². The molecule has 0 saturated carbocycles. The van der Waals surface area contributed by atoms with Crippen LogP contribution in [-0.4, -0.2) is 45.4 Å². The van der Waals surface area contributed by atoms with Crippen LogP contribution in [0.3, 0.4) is 0 Å². The Morgan fingerprint density at radius 2 is 1.35 bits per heavy atom. The highest BCUT2D eigenvalue weighted by Gasteiger charge is 2.64. The average Bonchev–Trinajstić information content (AvgIpc) is 3.09. The van der Waals surface area contributed by atoms with Gasteiger partial charge in [0, 0.05) is 25.5 Å². The van der Waals surface area contributed by atoms with E-state index in [4.69, 9.17) is 18.9 Å². The second kappa shape index (κ2) is 23.1. The highest BCUT2D eigenvalue weighted by Crippen LogP contribution is 2.43. The van der Waals surface area contributed by atoms with Crippen molar-refractivity contribution < 1.29 is 41.7 Å². The van der Waals surface area contributed by atoms with Crippen LogP contribution in [0.2, 0.25) is 0 Å². The molecule has 0 spiro atoms. The number of benzene rings is 2. The zero-order chi connectivity index (χ0) is 36.0. The molecule has 0 fully saturated rings. The molecule has 2 aromatic rings. The molecule has 0 saturated heterocycles. The first-order valence-corrected chi connectivity index (χ1v) is 17.9. The number of methoxy groups -OCH3 is 3. The molecule has 0 N–H and O–H groups in total. The lowest BCUT2D eigenvalue weighted by Gasteiger charge is -2.33. The van der Waals surface area contributed by atoms with Crippen LogP contribution >= 0.6 is 0 Å². The van der Waals surface area contributed by atoms with Crippen molar-refractivity contribution in [1.82, 2.24) is 0 Å². The van der Waals surface area contributed by atoms with E-state index >= 15 is 0 Å². The van der Waals surface area contributed by atoms with Gasteiger partial charge in [0.15, 0.2) is 11.5 Å². The fourth-order valence-corrected chi connectivity index (χ4v) is 5.94. The zero-order valence-corrected chi connectivity index (χ0v) is 30.0. The van der Waals surface area contributed by atoms with Gasteiger partial charge in [-0.25, -0.2) is 4.79 Å². The number of aryl methyl sites for hydroxylation is 1.